The number of hydrogen-bond acceptors (Lipinski definition) is 6. The summed E-state index contributed by atoms with van der Waals surface area (Å²) in [6.07, 6.45) is 1.38. The summed E-state index contributed by atoms with van der Waals surface area (Å²) in [6, 6.07) is 11.0. The molecule has 3 aromatic rings. The topological polar surface area (TPSA) is 107 Å². The number of carbonyl (C=O) groups excluding carboxylic acids is 2. The van der Waals surface area contributed by atoms with Gasteiger partial charge in [0.25, 0.3) is 11.8 Å². The normalized spacial score (nSPS) is 10.3. The Morgan fingerprint density at radius 1 is 1.24 bits per heavy atom. The third-order valence-corrected chi connectivity index (χ3v) is 4.18. The summed E-state index contributed by atoms with van der Waals surface area (Å²) in [5.74, 6) is -0.984. The van der Waals surface area contributed by atoms with Gasteiger partial charge in [-0.05, 0) is 6.07 Å². The number of benzene rings is 1. The van der Waals surface area contributed by atoms with Gasteiger partial charge < -0.3 is 15.8 Å². The fourth-order valence-corrected chi connectivity index (χ4v) is 2.89. The lowest BCUT2D eigenvalue weighted by Crippen LogP contribution is -2.16. The highest BCUT2D eigenvalue weighted by atomic mass is 32.1. The zero-order valence-corrected chi connectivity index (χ0v) is 14.0. The molecule has 0 aliphatic heterocycles. The molecule has 0 fully saturated rings. The number of hydrogen-bond donors (Lipinski definition) is 2. The van der Waals surface area contributed by atoms with E-state index in [1.165, 1.54) is 30.7 Å². The summed E-state index contributed by atoms with van der Waals surface area (Å²) < 4.78 is 4.97. The van der Waals surface area contributed by atoms with Gasteiger partial charge in [-0.1, -0.05) is 30.3 Å². The van der Waals surface area contributed by atoms with Crippen molar-refractivity contribution in [3.05, 3.63) is 58.5 Å². The van der Waals surface area contributed by atoms with Crippen LogP contribution < -0.4 is 15.8 Å². The summed E-state index contributed by atoms with van der Waals surface area (Å²) in [6.45, 7) is 0. The van der Waals surface area contributed by atoms with Crippen LogP contribution >= 0.6 is 11.3 Å². The molecule has 3 rings (SSSR count). The van der Waals surface area contributed by atoms with E-state index in [1.807, 2.05) is 35.7 Å². The number of ether oxygens (including phenoxy) is 1. The monoisotopic (exact) mass is 354 g/mol. The molecule has 0 unspecified atom stereocenters. The number of thiazole rings is 1. The first-order valence-electron chi connectivity index (χ1n) is 7.24. The van der Waals surface area contributed by atoms with Crippen LogP contribution in [0.5, 0.6) is 5.88 Å². The van der Waals surface area contributed by atoms with Crippen molar-refractivity contribution in [2.45, 2.75) is 0 Å². The second-order valence-electron chi connectivity index (χ2n) is 5.00. The molecule has 0 saturated heterocycles. The zero-order valence-electron chi connectivity index (χ0n) is 13.2. The minimum absolute atomic E-state index is 0.0874. The van der Waals surface area contributed by atoms with Crippen molar-refractivity contribution in [1.82, 2.24) is 9.97 Å². The Balaban J connectivity index is 1.80. The molecule has 126 valence electrons. The largest absolute Gasteiger partial charge is 0.480 e. The Morgan fingerprint density at radius 3 is 2.68 bits per heavy atom. The van der Waals surface area contributed by atoms with Gasteiger partial charge in [0.15, 0.2) is 5.01 Å². The average Bonchev–Trinajstić information content (AvgIpc) is 3.12. The molecule has 0 aliphatic rings. The first-order valence-corrected chi connectivity index (χ1v) is 8.12. The van der Waals surface area contributed by atoms with E-state index in [2.05, 4.69) is 15.3 Å². The number of carbonyl (C=O) groups is 2. The molecule has 0 spiro atoms. The van der Waals surface area contributed by atoms with Gasteiger partial charge in [0.1, 0.15) is 5.56 Å². The lowest BCUT2D eigenvalue weighted by molar-refractivity contribution is 0.0992. The second-order valence-corrected chi connectivity index (χ2v) is 5.86. The van der Waals surface area contributed by atoms with Crippen molar-refractivity contribution in [2.75, 3.05) is 12.4 Å². The number of primary amides is 1. The van der Waals surface area contributed by atoms with Crippen LogP contribution in [0.4, 0.5) is 5.69 Å². The molecule has 25 heavy (non-hydrogen) atoms. The van der Waals surface area contributed by atoms with Crippen LogP contribution in [-0.4, -0.2) is 28.9 Å². The van der Waals surface area contributed by atoms with Gasteiger partial charge in [-0.2, -0.15) is 0 Å². The smallest absolute Gasteiger partial charge is 0.284 e. The Bertz CT molecular complexity index is 925. The van der Waals surface area contributed by atoms with E-state index < -0.39 is 11.8 Å². The van der Waals surface area contributed by atoms with Crippen molar-refractivity contribution in [3.63, 3.8) is 0 Å². The Hall–Kier alpha value is -3.26. The van der Waals surface area contributed by atoms with Gasteiger partial charge in [-0.15, -0.1) is 11.3 Å². The maximum atomic E-state index is 12.4. The van der Waals surface area contributed by atoms with E-state index >= 15 is 0 Å². The molecule has 8 heteroatoms. The predicted octanol–water partition coefficient (Wildman–Crippen LogP) is 2.56. The highest BCUT2D eigenvalue weighted by Crippen LogP contribution is 2.23. The van der Waals surface area contributed by atoms with Crippen molar-refractivity contribution in [3.8, 4) is 17.1 Å². The van der Waals surface area contributed by atoms with Crippen LogP contribution in [0.15, 0.2) is 48.0 Å². The highest BCUT2D eigenvalue weighted by molar-refractivity contribution is 7.12. The standard InChI is InChI=1S/C17H14N4O3S/c1-24-16-12(14(18)22)7-11(8-19-16)20-15(23)17-21-13(9-25-17)10-5-3-2-4-6-10/h2-9H,1H3,(H2,18,22)(H,20,23). The van der Waals surface area contributed by atoms with E-state index in [-0.39, 0.29) is 11.4 Å². The molecule has 3 N–H and O–H groups in total. The van der Waals surface area contributed by atoms with Gasteiger partial charge in [0.2, 0.25) is 5.88 Å². The molecule has 7 nitrogen and oxygen atoms in total. The number of anilines is 1. The number of rotatable bonds is 5. The number of methoxy groups -OCH3 is 1. The quantitative estimate of drug-likeness (QED) is 0.732. The molecule has 0 saturated carbocycles. The molecule has 2 aromatic heterocycles. The van der Waals surface area contributed by atoms with Crippen LogP contribution in [0.3, 0.4) is 0 Å². The second kappa shape index (κ2) is 7.10. The number of nitrogens with two attached hydrogens (primary N) is 1. The number of nitrogens with one attached hydrogen (secondary N) is 1. The number of aromatic nitrogens is 2. The Morgan fingerprint density at radius 2 is 2.00 bits per heavy atom. The van der Waals surface area contributed by atoms with Crippen molar-refractivity contribution in [1.29, 1.82) is 0 Å². The van der Waals surface area contributed by atoms with E-state index in [9.17, 15) is 9.59 Å². The van der Waals surface area contributed by atoms with Crippen LogP contribution in [0.1, 0.15) is 20.2 Å². The summed E-state index contributed by atoms with van der Waals surface area (Å²) >= 11 is 1.23. The molecular weight excluding hydrogens is 340 g/mol. The fourth-order valence-electron chi connectivity index (χ4n) is 2.16. The summed E-state index contributed by atoms with van der Waals surface area (Å²) in [4.78, 5) is 32.1. The maximum Gasteiger partial charge on any atom is 0.284 e. The minimum Gasteiger partial charge on any atom is -0.480 e. The predicted molar refractivity (Wildman–Crippen MR) is 94.8 cm³/mol. The van der Waals surface area contributed by atoms with Crippen molar-refractivity contribution < 1.29 is 14.3 Å². The minimum atomic E-state index is -0.693. The van der Waals surface area contributed by atoms with Crippen LogP contribution in [0.2, 0.25) is 0 Å². The first kappa shape index (κ1) is 16.6. The molecule has 2 heterocycles. The van der Waals surface area contributed by atoms with E-state index in [4.69, 9.17) is 10.5 Å². The lowest BCUT2D eigenvalue weighted by atomic mass is 10.2. The number of nitrogens with zero attached hydrogens (tertiary/aromatic N) is 2. The Kier molecular flexibility index (Phi) is 4.71. The van der Waals surface area contributed by atoms with E-state index in [1.54, 1.807) is 0 Å². The fraction of sp³-hybridized carbons (Fsp3) is 0.0588. The van der Waals surface area contributed by atoms with Gasteiger partial charge >= 0.3 is 0 Å². The zero-order chi connectivity index (χ0) is 17.8. The lowest BCUT2D eigenvalue weighted by Gasteiger charge is -2.07. The number of pyridine rings is 1. The van der Waals surface area contributed by atoms with Crippen LogP contribution in [0, 0.1) is 0 Å². The van der Waals surface area contributed by atoms with Crippen LogP contribution in [0.25, 0.3) is 11.3 Å². The summed E-state index contributed by atoms with van der Waals surface area (Å²) in [5.41, 5.74) is 7.36. The third-order valence-electron chi connectivity index (χ3n) is 3.34. The molecule has 0 aliphatic carbocycles. The molecule has 1 aromatic carbocycles. The highest BCUT2D eigenvalue weighted by Gasteiger charge is 2.16. The van der Waals surface area contributed by atoms with Gasteiger partial charge in [0.05, 0.1) is 24.7 Å². The van der Waals surface area contributed by atoms with Crippen molar-refractivity contribution >= 4 is 28.8 Å². The molecular formula is C17H14N4O3S. The SMILES string of the molecule is COc1ncc(NC(=O)c2nc(-c3ccccc3)cs2)cc1C(N)=O. The number of amides is 2. The summed E-state index contributed by atoms with van der Waals surface area (Å²) in [7, 11) is 1.38. The van der Waals surface area contributed by atoms with Gasteiger partial charge in [0, 0.05) is 10.9 Å². The third kappa shape index (κ3) is 3.64. The summed E-state index contributed by atoms with van der Waals surface area (Å²) in [5, 5.41) is 4.76. The molecule has 0 radical (unpaired) electrons. The molecule has 0 atom stereocenters. The van der Waals surface area contributed by atoms with E-state index in [0.717, 1.165) is 11.3 Å². The molecule has 2 amide bonds. The van der Waals surface area contributed by atoms with Crippen LogP contribution in [-0.2, 0) is 0 Å². The maximum absolute atomic E-state index is 12.4. The van der Waals surface area contributed by atoms with E-state index in [0.29, 0.717) is 10.7 Å². The van der Waals surface area contributed by atoms with Crippen molar-refractivity contribution in [2.24, 2.45) is 5.73 Å². The average molecular weight is 354 g/mol. The Labute approximate surface area is 147 Å². The van der Waals surface area contributed by atoms with Gasteiger partial charge in [-0.25, -0.2) is 9.97 Å². The van der Waals surface area contributed by atoms with Gasteiger partial charge in [-0.3, -0.25) is 9.59 Å². The molecule has 0 bridgehead atoms. The first-order chi connectivity index (χ1) is 12.1.